The lowest BCUT2D eigenvalue weighted by Gasteiger charge is -2.06. The van der Waals surface area contributed by atoms with E-state index in [0.29, 0.717) is 16.7 Å². The van der Waals surface area contributed by atoms with Crippen LogP contribution in [0.15, 0.2) is 47.0 Å². The normalized spacial score (nSPS) is 12.1. The van der Waals surface area contributed by atoms with Crippen molar-refractivity contribution in [1.29, 1.82) is 0 Å². The SMILES string of the molecule is Cc1ccc(-c2noc(C(C)OC(=O)/C=C/c3ccc(Cl)c([N+](=O)[O-])c3)n2)cc1F. The van der Waals surface area contributed by atoms with E-state index in [1.807, 2.05) is 0 Å². The minimum absolute atomic E-state index is 0.00555. The fourth-order valence-electron chi connectivity index (χ4n) is 2.45. The van der Waals surface area contributed by atoms with Crippen molar-refractivity contribution in [2.75, 3.05) is 0 Å². The first-order chi connectivity index (χ1) is 14.2. The van der Waals surface area contributed by atoms with E-state index in [9.17, 15) is 19.3 Å². The number of esters is 1. The minimum Gasteiger partial charge on any atom is -0.449 e. The Labute approximate surface area is 175 Å². The molecule has 0 saturated carbocycles. The lowest BCUT2D eigenvalue weighted by molar-refractivity contribution is -0.384. The van der Waals surface area contributed by atoms with Gasteiger partial charge in [-0.15, -0.1) is 0 Å². The Morgan fingerprint density at radius 3 is 2.80 bits per heavy atom. The summed E-state index contributed by atoms with van der Waals surface area (Å²) in [7, 11) is 0. The molecule has 2 aromatic carbocycles. The van der Waals surface area contributed by atoms with Crippen molar-refractivity contribution < 1.29 is 23.4 Å². The van der Waals surface area contributed by atoms with Crippen molar-refractivity contribution in [2.24, 2.45) is 0 Å². The van der Waals surface area contributed by atoms with Crippen LogP contribution in [0, 0.1) is 22.9 Å². The van der Waals surface area contributed by atoms with E-state index in [4.69, 9.17) is 20.9 Å². The van der Waals surface area contributed by atoms with Gasteiger partial charge in [0.15, 0.2) is 6.10 Å². The van der Waals surface area contributed by atoms with Crippen LogP contribution in [0.4, 0.5) is 10.1 Å². The molecule has 3 rings (SSSR count). The third kappa shape index (κ3) is 4.87. The molecule has 154 valence electrons. The molecule has 0 aliphatic heterocycles. The van der Waals surface area contributed by atoms with Gasteiger partial charge in [0.1, 0.15) is 10.8 Å². The van der Waals surface area contributed by atoms with E-state index in [1.54, 1.807) is 19.1 Å². The van der Waals surface area contributed by atoms with Crippen molar-refractivity contribution in [3.63, 3.8) is 0 Å². The number of halogens is 2. The number of carbonyl (C=O) groups excluding carboxylic acids is 1. The molecule has 1 heterocycles. The number of hydrogen-bond donors (Lipinski definition) is 0. The van der Waals surface area contributed by atoms with Gasteiger partial charge in [-0.2, -0.15) is 4.98 Å². The van der Waals surface area contributed by atoms with Crippen LogP contribution < -0.4 is 0 Å². The zero-order chi connectivity index (χ0) is 21.8. The summed E-state index contributed by atoms with van der Waals surface area (Å²) in [6.07, 6.45) is 1.60. The highest BCUT2D eigenvalue weighted by Gasteiger charge is 2.19. The monoisotopic (exact) mass is 431 g/mol. The van der Waals surface area contributed by atoms with Crippen LogP contribution in [-0.2, 0) is 9.53 Å². The highest BCUT2D eigenvalue weighted by Crippen LogP contribution is 2.26. The molecule has 0 amide bonds. The first-order valence-electron chi connectivity index (χ1n) is 8.67. The Balaban J connectivity index is 1.67. The number of hydrogen-bond acceptors (Lipinski definition) is 7. The molecule has 1 atom stereocenters. The van der Waals surface area contributed by atoms with Crippen LogP contribution in [0.3, 0.4) is 0 Å². The zero-order valence-electron chi connectivity index (χ0n) is 15.8. The summed E-state index contributed by atoms with van der Waals surface area (Å²) < 4.78 is 24.0. The zero-order valence-corrected chi connectivity index (χ0v) is 16.6. The molecule has 0 aliphatic carbocycles. The van der Waals surface area contributed by atoms with E-state index in [0.717, 1.165) is 6.08 Å². The largest absolute Gasteiger partial charge is 0.449 e. The van der Waals surface area contributed by atoms with E-state index >= 15 is 0 Å². The summed E-state index contributed by atoms with van der Waals surface area (Å²) in [5.41, 5.74) is 1.04. The second-order valence-electron chi connectivity index (χ2n) is 6.30. The number of nitro groups is 1. The summed E-state index contributed by atoms with van der Waals surface area (Å²) in [5.74, 6) is -0.919. The molecule has 0 bridgehead atoms. The fourth-order valence-corrected chi connectivity index (χ4v) is 2.64. The second-order valence-corrected chi connectivity index (χ2v) is 6.71. The molecule has 0 aliphatic rings. The summed E-state index contributed by atoms with van der Waals surface area (Å²) >= 11 is 5.75. The number of aryl methyl sites for hydroxylation is 1. The third-order valence-corrected chi connectivity index (χ3v) is 4.41. The summed E-state index contributed by atoms with van der Waals surface area (Å²) in [5, 5.41) is 14.7. The van der Waals surface area contributed by atoms with Crippen molar-refractivity contribution in [1.82, 2.24) is 10.1 Å². The van der Waals surface area contributed by atoms with E-state index in [-0.39, 0.29) is 22.4 Å². The maximum atomic E-state index is 13.7. The van der Waals surface area contributed by atoms with Crippen LogP contribution in [-0.4, -0.2) is 21.0 Å². The molecular formula is C20H15ClFN3O5. The van der Waals surface area contributed by atoms with Gasteiger partial charge in [-0.1, -0.05) is 35.0 Å². The topological polar surface area (TPSA) is 108 Å². The molecule has 0 fully saturated rings. The molecular weight excluding hydrogens is 417 g/mol. The van der Waals surface area contributed by atoms with Crippen molar-refractivity contribution in [3.05, 3.63) is 80.4 Å². The molecule has 1 unspecified atom stereocenters. The van der Waals surface area contributed by atoms with Crippen molar-refractivity contribution in [3.8, 4) is 11.4 Å². The Hall–Kier alpha value is -3.59. The van der Waals surface area contributed by atoms with Crippen LogP contribution in [0.2, 0.25) is 5.02 Å². The first-order valence-corrected chi connectivity index (χ1v) is 9.05. The smallest absolute Gasteiger partial charge is 0.331 e. The summed E-state index contributed by atoms with van der Waals surface area (Å²) in [6, 6.07) is 8.65. The number of rotatable bonds is 6. The number of ether oxygens (including phenoxy) is 1. The van der Waals surface area contributed by atoms with Crippen LogP contribution in [0.1, 0.15) is 30.0 Å². The van der Waals surface area contributed by atoms with Gasteiger partial charge in [-0.05, 0) is 43.2 Å². The first kappa shape index (κ1) is 21.1. The van der Waals surface area contributed by atoms with Gasteiger partial charge >= 0.3 is 5.97 Å². The molecule has 0 N–H and O–H groups in total. The van der Waals surface area contributed by atoms with Crippen LogP contribution >= 0.6 is 11.6 Å². The van der Waals surface area contributed by atoms with Gasteiger partial charge in [0.25, 0.3) is 11.6 Å². The average molecular weight is 432 g/mol. The maximum Gasteiger partial charge on any atom is 0.331 e. The molecule has 0 spiro atoms. The van der Waals surface area contributed by atoms with Crippen molar-refractivity contribution >= 4 is 29.3 Å². The second kappa shape index (κ2) is 8.83. The number of nitro benzene ring substituents is 1. The number of aromatic nitrogens is 2. The number of benzene rings is 2. The molecule has 10 heteroatoms. The minimum atomic E-state index is -0.863. The quantitative estimate of drug-likeness (QED) is 0.232. The highest BCUT2D eigenvalue weighted by molar-refractivity contribution is 6.32. The van der Waals surface area contributed by atoms with E-state index in [1.165, 1.54) is 37.3 Å². The van der Waals surface area contributed by atoms with Gasteiger partial charge in [-0.25, -0.2) is 9.18 Å². The predicted molar refractivity (Wildman–Crippen MR) is 106 cm³/mol. The van der Waals surface area contributed by atoms with Gasteiger partial charge in [-0.3, -0.25) is 10.1 Å². The Bertz CT molecular complexity index is 1150. The lowest BCUT2D eigenvalue weighted by atomic mass is 10.1. The molecule has 8 nitrogen and oxygen atoms in total. The number of carbonyl (C=O) groups is 1. The molecule has 30 heavy (non-hydrogen) atoms. The standard InChI is InChI=1S/C20H15ClFN3O5/c1-11-3-6-14(10-16(11)22)19-23-20(30-24-19)12(2)29-18(26)8-5-13-4-7-15(21)17(9-13)25(27)28/h3-10,12H,1-2H3/b8-5+. The Kier molecular flexibility index (Phi) is 6.22. The third-order valence-electron chi connectivity index (χ3n) is 4.09. The molecule has 3 aromatic rings. The lowest BCUT2D eigenvalue weighted by Crippen LogP contribution is -2.06. The fraction of sp³-hybridized carbons (Fsp3) is 0.150. The summed E-state index contributed by atoms with van der Waals surface area (Å²) in [4.78, 5) is 26.5. The van der Waals surface area contributed by atoms with Crippen LogP contribution in [0.25, 0.3) is 17.5 Å². The molecule has 0 radical (unpaired) electrons. The Morgan fingerprint density at radius 2 is 2.10 bits per heavy atom. The molecule has 0 saturated heterocycles. The average Bonchev–Trinajstić information content (AvgIpc) is 3.19. The Morgan fingerprint density at radius 1 is 1.33 bits per heavy atom. The van der Waals surface area contributed by atoms with Gasteiger partial charge in [0.05, 0.1) is 4.92 Å². The number of nitrogens with zero attached hydrogens (tertiary/aromatic N) is 3. The van der Waals surface area contributed by atoms with Crippen LogP contribution in [0.5, 0.6) is 0 Å². The van der Waals surface area contributed by atoms with Crippen molar-refractivity contribution in [2.45, 2.75) is 20.0 Å². The highest BCUT2D eigenvalue weighted by atomic mass is 35.5. The molecule has 1 aromatic heterocycles. The maximum absolute atomic E-state index is 13.7. The predicted octanol–water partition coefficient (Wildman–Crippen LogP) is 5.06. The van der Waals surface area contributed by atoms with Gasteiger partial charge in [0.2, 0.25) is 5.82 Å². The summed E-state index contributed by atoms with van der Waals surface area (Å²) in [6.45, 7) is 3.17. The van der Waals surface area contributed by atoms with E-state index in [2.05, 4.69) is 10.1 Å². The van der Waals surface area contributed by atoms with E-state index < -0.39 is 22.8 Å². The van der Waals surface area contributed by atoms with Gasteiger partial charge in [0, 0.05) is 17.7 Å². The van der Waals surface area contributed by atoms with Gasteiger partial charge < -0.3 is 9.26 Å².